The zero-order valence-electron chi connectivity index (χ0n) is 39.3. The molecule has 0 N–H and O–H groups in total. The van der Waals surface area contributed by atoms with Gasteiger partial charge in [-0.1, -0.05) is 258 Å². The summed E-state index contributed by atoms with van der Waals surface area (Å²) in [5.74, 6) is -0.841. The minimum atomic E-state index is -0.759. The van der Waals surface area contributed by atoms with Crippen molar-refractivity contribution in [1.29, 1.82) is 0 Å². The predicted molar refractivity (Wildman–Crippen MR) is 247 cm³/mol. The molecule has 0 heterocycles. The maximum absolute atomic E-state index is 12.8. The molecular formula is C52H100O6. The van der Waals surface area contributed by atoms with E-state index in [1.807, 2.05) is 0 Å². The molecule has 0 aliphatic carbocycles. The summed E-state index contributed by atoms with van der Waals surface area (Å²) in [5, 5.41) is 0. The van der Waals surface area contributed by atoms with Crippen molar-refractivity contribution in [2.24, 2.45) is 0 Å². The number of unbranched alkanes of at least 4 members (excludes halogenated alkanes) is 37. The van der Waals surface area contributed by atoms with Gasteiger partial charge in [0.05, 0.1) is 0 Å². The monoisotopic (exact) mass is 821 g/mol. The second-order valence-electron chi connectivity index (χ2n) is 17.8. The van der Waals surface area contributed by atoms with Gasteiger partial charge in [0.1, 0.15) is 13.2 Å². The van der Waals surface area contributed by atoms with Crippen molar-refractivity contribution in [3.8, 4) is 0 Å². The van der Waals surface area contributed by atoms with Crippen LogP contribution in [0.15, 0.2) is 0 Å². The molecule has 0 aliphatic heterocycles. The molecule has 0 aliphatic rings. The highest BCUT2D eigenvalue weighted by molar-refractivity contribution is 5.71. The Morgan fingerprint density at radius 1 is 0.276 bits per heavy atom. The lowest BCUT2D eigenvalue weighted by Crippen LogP contribution is -2.30. The summed E-state index contributed by atoms with van der Waals surface area (Å²) in [4.78, 5) is 37.9. The Bertz CT molecular complexity index is 859. The summed E-state index contributed by atoms with van der Waals surface area (Å²) < 4.78 is 16.8. The van der Waals surface area contributed by atoms with Crippen LogP contribution in [0.5, 0.6) is 0 Å². The van der Waals surface area contributed by atoms with Gasteiger partial charge >= 0.3 is 17.9 Å². The Hall–Kier alpha value is -1.59. The molecule has 1 atom stereocenters. The highest BCUT2D eigenvalue weighted by atomic mass is 16.6. The van der Waals surface area contributed by atoms with Crippen LogP contribution >= 0.6 is 0 Å². The normalized spacial score (nSPS) is 11.8. The lowest BCUT2D eigenvalue weighted by molar-refractivity contribution is -0.167. The number of hydrogen-bond donors (Lipinski definition) is 0. The number of hydrogen-bond acceptors (Lipinski definition) is 6. The molecule has 0 spiro atoms. The first-order valence-electron chi connectivity index (χ1n) is 26.0. The van der Waals surface area contributed by atoms with Crippen LogP contribution in [0.3, 0.4) is 0 Å². The topological polar surface area (TPSA) is 78.9 Å². The van der Waals surface area contributed by atoms with Gasteiger partial charge in [0.25, 0.3) is 0 Å². The molecule has 0 saturated carbocycles. The molecule has 0 aromatic heterocycles. The lowest BCUT2D eigenvalue weighted by Gasteiger charge is -2.18. The van der Waals surface area contributed by atoms with Gasteiger partial charge in [0.15, 0.2) is 6.10 Å². The second-order valence-corrected chi connectivity index (χ2v) is 17.8. The van der Waals surface area contributed by atoms with Crippen molar-refractivity contribution in [1.82, 2.24) is 0 Å². The number of esters is 3. The molecule has 1 unspecified atom stereocenters. The van der Waals surface area contributed by atoms with E-state index in [1.165, 1.54) is 199 Å². The van der Waals surface area contributed by atoms with Gasteiger partial charge < -0.3 is 14.2 Å². The van der Waals surface area contributed by atoms with Crippen LogP contribution in [0.25, 0.3) is 0 Å². The van der Waals surface area contributed by atoms with Crippen LogP contribution in [-0.4, -0.2) is 37.2 Å². The zero-order chi connectivity index (χ0) is 42.3. The Morgan fingerprint density at radius 2 is 0.466 bits per heavy atom. The molecule has 6 nitrogen and oxygen atoms in total. The van der Waals surface area contributed by atoms with Gasteiger partial charge in [0, 0.05) is 19.3 Å². The van der Waals surface area contributed by atoms with Crippen molar-refractivity contribution in [2.45, 2.75) is 303 Å². The fraction of sp³-hybridized carbons (Fsp3) is 0.942. The van der Waals surface area contributed by atoms with Crippen LogP contribution in [0, 0.1) is 0 Å². The summed E-state index contributed by atoms with van der Waals surface area (Å²) in [5.41, 5.74) is 0. The summed E-state index contributed by atoms with van der Waals surface area (Å²) in [6, 6.07) is 0. The van der Waals surface area contributed by atoms with Gasteiger partial charge in [-0.15, -0.1) is 0 Å². The first-order chi connectivity index (χ1) is 28.5. The minimum absolute atomic E-state index is 0.0617. The molecule has 0 aromatic carbocycles. The van der Waals surface area contributed by atoms with E-state index >= 15 is 0 Å². The molecule has 0 fully saturated rings. The Morgan fingerprint density at radius 3 is 0.690 bits per heavy atom. The lowest BCUT2D eigenvalue weighted by atomic mass is 10.0. The fourth-order valence-corrected chi connectivity index (χ4v) is 7.92. The molecule has 58 heavy (non-hydrogen) atoms. The van der Waals surface area contributed by atoms with E-state index in [0.29, 0.717) is 19.3 Å². The van der Waals surface area contributed by atoms with E-state index in [9.17, 15) is 14.4 Å². The van der Waals surface area contributed by atoms with Crippen molar-refractivity contribution in [2.75, 3.05) is 13.2 Å². The third-order valence-electron chi connectivity index (χ3n) is 11.9. The molecule has 0 saturated heterocycles. The SMILES string of the molecule is CCCCCCCCCCCCCCCCCCC(=O)OCC(COC(=O)CCCCCCCCCCCCC)OC(=O)CCCCCCCCCCCCCCC. The van der Waals surface area contributed by atoms with E-state index in [-0.39, 0.29) is 31.1 Å². The molecule has 0 bridgehead atoms. The average molecular weight is 821 g/mol. The molecule has 344 valence electrons. The van der Waals surface area contributed by atoms with Crippen molar-refractivity contribution in [3.63, 3.8) is 0 Å². The summed E-state index contributed by atoms with van der Waals surface area (Å²) in [7, 11) is 0. The first-order valence-corrected chi connectivity index (χ1v) is 26.0. The Balaban J connectivity index is 4.28. The number of carbonyl (C=O) groups excluding carboxylic acids is 3. The zero-order valence-corrected chi connectivity index (χ0v) is 39.3. The van der Waals surface area contributed by atoms with Crippen molar-refractivity contribution in [3.05, 3.63) is 0 Å². The number of rotatable bonds is 48. The van der Waals surface area contributed by atoms with Gasteiger partial charge in [0.2, 0.25) is 0 Å². The van der Waals surface area contributed by atoms with E-state index in [2.05, 4.69) is 20.8 Å². The molecular weight excluding hydrogens is 721 g/mol. The van der Waals surface area contributed by atoms with Gasteiger partial charge in [-0.25, -0.2) is 0 Å². The standard InChI is InChI=1S/C52H100O6/c1-4-7-10-13-16-19-22-24-25-26-28-30-33-36-39-42-45-51(54)57-48-49(47-56-50(53)44-41-38-35-32-29-21-18-15-12-9-6-3)58-52(55)46-43-40-37-34-31-27-23-20-17-14-11-8-5-2/h49H,4-48H2,1-3H3. The number of ether oxygens (including phenoxy) is 3. The second kappa shape index (κ2) is 48.1. The predicted octanol–water partition coefficient (Wildman–Crippen LogP) is 16.8. The smallest absolute Gasteiger partial charge is 0.306 e. The van der Waals surface area contributed by atoms with E-state index in [0.717, 1.165) is 57.8 Å². The largest absolute Gasteiger partial charge is 0.462 e. The maximum Gasteiger partial charge on any atom is 0.306 e. The third-order valence-corrected chi connectivity index (χ3v) is 11.9. The maximum atomic E-state index is 12.8. The highest BCUT2D eigenvalue weighted by Gasteiger charge is 2.19. The number of carbonyl (C=O) groups is 3. The van der Waals surface area contributed by atoms with Crippen LogP contribution in [0.2, 0.25) is 0 Å². The fourth-order valence-electron chi connectivity index (χ4n) is 7.92. The minimum Gasteiger partial charge on any atom is -0.462 e. The van der Waals surface area contributed by atoms with Crippen LogP contribution < -0.4 is 0 Å². The van der Waals surface area contributed by atoms with Crippen molar-refractivity contribution < 1.29 is 28.6 Å². The molecule has 0 rings (SSSR count). The summed E-state index contributed by atoms with van der Waals surface area (Å²) in [6.07, 6.45) is 50.8. The highest BCUT2D eigenvalue weighted by Crippen LogP contribution is 2.17. The third kappa shape index (κ3) is 45.5. The molecule has 0 radical (unpaired) electrons. The average Bonchev–Trinajstić information content (AvgIpc) is 3.22. The van der Waals surface area contributed by atoms with Gasteiger partial charge in [-0.05, 0) is 19.3 Å². The molecule has 6 heteroatoms. The molecule has 0 aromatic rings. The molecule has 0 amide bonds. The van der Waals surface area contributed by atoms with E-state index < -0.39 is 6.10 Å². The Labute approximate surface area is 361 Å². The summed E-state index contributed by atoms with van der Waals surface area (Å²) >= 11 is 0. The van der Waals surface area contributed by atoms with Crippen LogP contribution in [-0.2, 0) is 28.6 Å². The van der Waals surface area contributed by atoms with Gasteiger partial charge in [-0.2, -0.15) is 0 Å². The van der Waals surface area contributed by atoms with E-state index in [4.69, 9.17) is 14.2 Å². The van der Waals surface area contributed by atoms with Gasteiger partial charge in [-0.3, -0.25) is 14.4 Å². The van der Waals surface area contributed by atoms with Crippen LogP contribution in [0.1, 0.15) is 297 Å². The van der Waals surface area contributed by atoms with E-state index in [1.54, 1.807) is 0 Å². The van der Waals surface area contributed by atoms with Crippen LogP contribution in [0.4, 0.5) is 0 Å². The quantitative estimate of drug-likeness (QED) is 0.0346. The van der Waals surface area contributed by atoms with Crippen molar-refractivity contribution >= 4 is 17.9 Å². The Kier molecular flexibility index (Phi) is 46.8. The summed E-state index contributed by atoms with van der Waals surface area (Å²) in [6.45, 7) is 6.67. The first kappa shape index (κ1) is 56.4.